The number of allylic oxidation sites excluding steroid dienone is 3. The molecule has 1 rings (SSSR count). The van der Waals surface area contributed by atoms with Gasteiger partial charge in [0.1, 0.15) is 18.7 Å². The minimum atomic E-state index is 0.438. The van der Waals surface area contributed by atoms with E-state index in [9.17, 15) is 4.79 Å². The van der Waals surface area contributed by atoms with Crippen molar-refractivity contribution in [2.24, 2.45) is 4.99 Å². The zero-order valence-electron chi connectivity index (χ0n) is 11.4. The first-order valence-corrected chi connectivity index (χ1v) is 6.25. The molecule has 0 N–H and O–H groups in total. The third-order valence-electron chi connectivity index (χ3n) is 2.44. The summed E-state index contributed by atoms with van der Waals surface area (Å²) in [5, 5.41) is 0. The molecule has 0 unspecified atom stereocenters. The van der Waals surface area contributed by atoms with E-state index in [-0.39, 0.29) is 0 Å². The van der Waals surface area contributed by atoms with E-state index in [0.717, 1.165) is 23.2 Å². The van der Waals surface area contributed by atoms with Gasteiger partial charge in [-0.05, 0) is 31.1 Å². The summed E-state index contributed by atoms with van der Waals surface area (Å²) in [5.74, 6) is 0.721. The second-order valence-corrected chi connectivity index (χ2v) is 3.93. The molecule has 0 aromatic heterocycles. The predicted octanol–water partition coefficient (Wildman–Crippen LogP) is 3.45. The second kappa shape index (κ2) is 8.86. The highest BCUT2D eigenvalue weighted by Gasteiger charge is 1.98. The number of rotatable bonds is 7. The average Bonchev–Trinajstić information content (AvgIpc) is 2.43. The Hall–Kier alpha value is -2.16. The van der Waals surface area contributed by atoms with Crippen LogP contribution < -0.4 is 0 Å². The molecule has 0 bridgehead atoms. The van der Waals surface area contributed by atoms with E-state index < -0.39 is 0 Å². The van der Waals surface area contributed by atoms with Gasteiger partial charge >= 0.3 is 0 Å². The number of carbonyl (C=O) groups is 1. The Kier molecular flexibility index (Phi) is 6.95. The van der Waals surface area contributed by atoms with Gasteiger partial charge in [-0.25, -0.2) is 0 Å². The highest BCUT2D eigenvalue weighted by atomic mass is 16.5. The van der Waals surface area contributed by atoms with Crippen molar-refractivity contribution in [1.29, 1.82) is 0 Å². The Morgan fingerprint density at radius 2 is 2.11 bits per heavy atom. The molecule has 0 fully saturated rings. The lowest BCUT2D eigenvalue weighted by atomic mass is 10.1. The van der Waals surface area contributed by atoms with Crippen molar-refractivity contribution in [2.45, 2.75) is 26.9 Å². The van der Waals surface area contributed by atoms with Crippen LogP contribution >= 0.6 is 0 Å². The normalized spacial score (nSPS) is 12.2. The Morgan fingerprint density at radius 1 is 1.32 bits per heavy atom. The van der Waals surface area contributed by atoms with Gasteiger partial charge < -0.3 is 9.53 Å². The maximum atomic E-state index is 10.5. The molecule has 1 aromatic carbocycles. The third-order valence-corrected chi connectivity index (χ3v) is 2.44. The van der Waals surface area contributed by atoms with E-state index in [2.05, 4.69) is 4.99 Å². The number of hydrogen-bond donors (Lipinski definition) is 0. The molecule has 0 radical (unpaired) electrons. The molecule has 0 atom stereocenters. The number of carbonyl (C=O) groups excluding carboxylic acids is 1. The van der Waals surface area contributed by atoms with Crippen molar-refractivity contribution < 1.29 is 9.53 Å². The van der Waals surface area contributed by atoms with E-state index in [1.807, 2.05) is 50.3 Å². The van der Waals surface area contributed by atoms with Gasteiger partial charge in [-0.1, -0.05) is 30.3 Å². The standard InChI is InChI=1S/C16H19NO2/c1-3-9-17-12-16(4-2)19-13-15-7-5-6-14(11-15)8-10-18/h3-7,9-12H,8,13H2,1-2H3/b9-3-,16-4+,17-12-. The third kappa shape index (κ3) is 5.82. The van der Waals surface area contributed by atoms with Gasteiger partial charge in [0.15, 0.2) is 0 Å². The van der Waals surface area contributed by atoms with Crippen molar-refractivity contribution in [3.8, 4) is 0 Å². The summed E-state index contributed by atoms with van der Waals surface area (Å²) < 4.78 is 5.65. The second-order valence-electron chi connectivity index (χ2n) is 3.93. The molecule has 0 aliphatic carbocycles. The lowest BCUT2D eigenvalue weighted by Gasteiger charge is -2.07. The molecule has 0 saturated heterocycles. The van der Waals surface area contributed by atoms with E-state index >= 15 is 0 Å². The van der Waals surface area contributed by atoms with Gasteiger partial charge in [0.2, 0.25) is 0 Å². The van der Waals surface area contributed by atoms with Crippen molar-refractivity contribution >= 4 is 12.5 Å². The molecule has 0 heterocycles. The van der Waals surface area contributed by atoms with Crippen molar-refractivity contribution in [2.75, 3.05) is 0 Å². The van der Waals surface area contributed by atoms with Crippen LogP contribution in [0, 0.1) is 0 Å². The molecule has 3 nitrogen and oxygen atoms in total. The lowest BCUT2D eigenvalue weighted by molar-refractivity contribution is -0.107. The first-order chi connectivity index (χ1) is 9.30. The molecule has 0 aliphatic heterocycles. The van der Waals surface area contributed by atoms with Crippen molar-refractivity contribution in [1.82, 2.24) is 0 Å². The average molecular weight is 257 g/mol. The van der Waals surface area contributed by atoms with Crippen LogP contribution in [0.3, 0.4) is 0 Å². The Labute approximate surface area is 114 Å². The van der Waals surface area contributed by atoms with Crippen LogP contribution in [-0.4, -0.2) is 12.5 Å². The number of benzene rings is 1. The first kappa shape index (κ1) is 14.9. The molecular weight excluding hydrogens is 238 g/mol. The molecule has 0 amide bonds. The number of nitrogens with zero attached hydrogens (tertiary/aromatic N) is 1. The van der Waals surface area contributed by atoms with Crippen LogP contribution in [-0.2, 0) is 22.6 Å². The lowest BCUT2D eigenvalue weighted by Crippen LogP contribution is -1.96. The number of hydrogen-bond acceptors (Lipinski definition) is 3. The van der Waals surface area contributed by atoms with Gasteiger partial charge in [0.05, 0.1) is 6.21 Å². The smallest absolute Gasteiger partial charge is 0.133 e. The van der Waals surface area contributed by atoms with Crippen LogP contribution in [0.5, 0.6) is 0 Å². The largest absolute Gasteiger partial charge is 0.488 e. The fourth-order valence-corrected chi connectivity index (χ4v) is 1.51. The van der Waals surface area contributed by atoms with Crippen LogP contribution in [0.4, 0.5) is 0 Å². The quantitative estimate of drug-likeness (QED) is 0.426. The molecule has 3 heteroatoms. The summed E-state index contributed by atoms with van der Waals surface area (Å²) in [6.45, 7) is 4.28. The summed E-state index contributed by atoms with van der Waals surface area (Å²) in [6, 6.07) is 7.82. The minimum Gasteiger partial charge on any atom is -0.488 e. The van der Waals surface area contributed by atoms with Crippen LogP contribution in [0.25, 0.3) is 0 Å². The van der Waals surface area contributed by atoms with Gasteiger partial charge in [-0.3, -0.25) is 4.99 Å². The van der Waals surface area contributed by atoms with Crippen LogP contribution in [0.1, 0.15) is 25.0 Å². The molecule has 19 heavy (non-hydrogen) atoms. The summed E-state index contributed by atoms with van der Waals surface area (Å²) in [5.41, 5.74) is 2.04. The summed E-state index contributed by atoms with van der Waals surface area (Å²) in [6.07, 6.45) is 8.44. The molecule has 0 saturated carbocycles. The number of ether oxygens (including phenoxy) is 1. The van der Waals surface area contributed by atoms with E-state index in [1.54, 1.807) is 12.4 Å². The van der Waals surface area contributed by atoms with Crippen LogP contribution in [0.15, 0.2) is 53.4 Å². The Morgan fingerprint density at radius 3 is 2.79 bits per heavy atom. The first-order valence-electron chi connectivity index (χ1n) is 6.25. The molecular formula is C16H19NO2. The topological polar surface area (TPSA) is 38.7 Å². The molecule has 100 valence electrons. The summed E-state index contributed by atoms with van der Waals surface area (Å²) >= 11 is 0. The van der Waals surface area contributed by atoms with Crippen LogP contribution in [0.2, 0.25) is 0 Å². The predicted molar refractivity (Wildman–Crippen MR) is 78.1 cm³/mol. The van der Waals surface area contributed by atoms with E-state index in [4.69, 9.17) is 4.74 Å². The minimum absolute atomic E-state index is 0.438. The number of aldehydes is 1. The highest BCUT2D eigenvalue weighted by Crippen LogP contribution is 2.09. The van der Waals surface area contributed by atoms with Crippen molar-refractivity contribution in [3.05, 3.63) is 59.5 Å². The SMILES string of the molecule is C\C=C/N=C\C(=C/C)OCc1cccc(CC=O)c1. The van der Waals surface area contributed by atoms with Crippen molar-refractivity contribution in [3.63, 3.8) is 0 Å². The van der Waals surface area contributed by atoms with E-state index in [1.165, 1.54) is 0 Å². The van der Waals surface area contributed by atoms with Gasteiger partial charge in [-0.2, -0.15) is 0 Å². The maximum Gasteiger partial charge on any atom is 0.133 e. The summed E-state index contributed by atoms with van der Waals surface area (Å²) in [7, 11) is 0. The number of aliphatic imine (C=N–C) groups is 1. The molecule has 0 aliphatic rings. The Bertz CT molecular complexity index is 487. The van der Waals surface area contributed by atoms with Gasteiger partial charge in [0, 0.05) is 12.6 Å². The fourth-order valence-electron chi connectivity index (χ4n) is 1.51. The zero-order valence-corrected chi connectivity index (χ0v) is 11.4. The molecule has 1 aromatic rings. The van der Waals surface area contributed by atoms with Gasteiger partial charge in [-0.15, -0.1) is 0 Å². The molecule has 0 spiro atoms. The summed E-state index contributed by atoms with van der Waals surface area (Å²) in [4.78, 5) is 14.6. The maximum absolute atomic E-state index is 10.5. The monoisotopic (exact) mass is 257 g/mol. The van der Waals surface area contributed by atoms with E-state index in [0.29, 0.717) is 13.0 Å². The van der Waals surface area contributed by atoms with Gasteiger partial charge in [0.25, 0.3) is 0 Å². The zero-order chi connectivity index (χ0) is 13.9. The Balaban J connectivity index is 2.59. The fraction of sp³-hybridized carbons (Fsp3) is 0.250. The highest BCUT2D eigenvalue weighted by molar-refractivity contribution is 5.76.